The van der Waals surface area contributed by atoms with E-state index in [1.54, 1.807) is 37.5 Å². The number of nitrogens with zero attached hydrogens (tertiary/aromatic N) is 1. The van der Waals surface area contributed by atoms with Gasteiger partial charge in [0.05, 0.1) is 30.9 Å². The number of para-hydroxylation sites is 1. The Bertz CT molecular complexity index is 965. The molecule has 0 saturated heterocycles. The Kier molecular flexibility index (Phi) is 5.90. The van der Waals surface area contributed by atoms with E-state index in [4.69, 9.17) is 30.5 Å². The number of carbonyl (C=O) groups is 1. The molecule has 0 aliphatic carbocycles. The number of hydrogen-bond acceptors (Lipinski definition) is 6. The SMILES string of the molecule is COc1ccccc1C1=N/C(=C\c2cc(Cl)c(OC(C)C)c(OC)c2)C(=O)O1. The predicted molar refractivity (Wildman–Crippen MR) is 107 cm³/mol. The lowest BCUT2D eigenvalue weighted by atomic mass is 10.1. The second kappa shape index (κ2) is 8.35. The minimum Gasteiger partial charge on any atom is -0.496 e. The van der Waals surface area contributed by atoms with Crippen LogP contribution in [0.2, 0.25) is 5.02 Å². The van der Waals surface area contributed by atoms with E-state index in [2.05, 4.69) is 4.99 Å². The van der Waals surface area contributed by atoms with Gasteiger partial charge in [0.1, 0.15) is 5.75 Å². The topological polar surface area (TPSA) is 66.3 Å². The standard InChI is InChI=1S/C21H20ClNO5/c1-12(2)27-19-15(22)9-13(11-18(19)26-4)10-16-21(24)28-20(23-16)14-7-5-6-8-17(14)25-3/h5-12H,1-4H3/b16-10-. The summed E-state index contributed by atoms with van der Waals surface area (Å²) in [4.78, 5) is 16.6. The van der Waals surface area contributed by atoms with Crippen molar-refractivity contribution in [2.24, 2.45) is 4.99 Å². The van der Waals surface area contributed by atoms with Gasteiger partial charge in [0.2, 0.25) is 5.90 Å². The summed E-state index contributed by atoms with van der Waals surface area (Å²) >= 11 is 6.34. The second-order valence-corrected chi connectivity index (χ2v) is 6.64. The number of benzene rings is 2. The molecule has 1 aliphatic heterocycles. The van der Waals surface area contributed by atoms with Crippen molar-refractivity contribution in [2.45, 2.75) is 20.0 Å². The van der Waals surface area contributed by atoms with Crippen LogP contribution in [0.25, 0.3) is 6.08 Å². The van der Waals surface area contributed by atoms with E-state index >= 15 is 0 Å². The fourth-order valence-electron chi connectivity index (χ4n) is 2.68. The molecule has 1 heterocycles. The molecule has 0 spiro atoms. The summed E-state index contributed by atoms with van der Waals surface area (Å²) < 4.78 is 21.7. The van der Waals surface area contributed by atoms with Crippen LogP contribution in [0, 0.1) is 0 Å². The molecule has 0 radical (unpaired) electrons. The van der Waals surface area contributed by atoms with Crippen molar-refractivity contribution in [1.29, 1.82) is 0 Å². The van der Waals surface area contributed by atoms with Crippen molar-refractivity contribution in [3.8, 4) is 17.2 Å². The summed E-state index contributed by atoms with van der Waals surface area (Å²) in [6, 6.07) is 10.6. The van der Waals surface area contributed by atoms with Crippen molar-refractivity contribution in [3.63, 3.8) is 0 Å². The number of cyclic esters (lactones) is 1. The summed E-state index contributed by atoms with van der Waals surface area (Å²) in [7, 11) is 3.07. The van der Waals surface area contributed by atoms with Gasteiger partial charge in [-0.2, -0.15) is 0 Å². The molecule has 28 heavy (non-hydrogen) atoms. The molecule has 0 saturated carbocycles. The van der Waals surface area contributed by atoms with E-state index in [-0.39, 0.29) is 17.7 Å². The Morgan fingerprint density at radius 2 is 1.82 bits per heavy atom. The minimum atomic E-state index is -0.557. The van der Waals surface area contributed by atoms with E-state index in [1.165, 1.54) is 7.11 Å². The van der Waals surface area contributed by atoms with Crippen LogP contribution in [0.4, 0.5) is 0 Å². The third-order valence-corrected chi connectivity index (χ3v) is 4.15. The van der Waals surface area contributed by atoms with E-state index in [9.17, 15) is 4.79 Å². The summed E-state index contributed by atoms with van der Waals surface area (Å²) in [6.07, 6.45) is 1.52. The summed E-state index contributed by atoms with van der Waals surface area (Å²) in [6.45, 7) is 3.79. The summed E-state index contributed by atoms with van der Waals surface area (Å²) in [5.41, 5.74) is 1.38. The summed E-state index contributed by atoms with van der Waals surface area (Å²) in [5.74, 6) is 1.11. The lowest BCUT2D eigenvalue weighted by Gasteiger charge is -2.15. The highest BCUT2D eigenvalue weighted by molar-refractivity contribution is 6.32. The molecule has 2 aromatic carbocycles. The van der Waals surface area contributed by atoms with Crippen LogP contribution >= 0.6 is 11.6 Å². The van der Waals surface area contributed by atoms with Crippen molar-refractivity contribution >= 4 is 29.5 Å². The second-order valence-electron chi connectivity index (χ2n) is 6.24. The Labute approximate surface area is 168 Å². The maximum absolute atomic E-state index is 12.3. The lowest BCUT2D eigenvalue weighted by molar-refractivity contribution is -0.129. The zero-order valence-corrected chi connectivity index (χ0v) is 16.7. The predicted octanol–water partition coefficient (Wildman–Crippen LogP) is 4.49. The third kappa shape index (κ3) is 4.12. The molecule has 1 aliphatic rings. The molecule has 0 bridgehead atoms. The number of aliphatic imine (C=N–C) groups is 1. The number of carbonyl (C=O) groups excluding carboxylic acids is 1. The molecule has 3 rings (SSSR count). The molecule has 7 heteroatoms. The number of methoxy groups -OCH3 is 2. The highest BCUT2D eigenvalue weighted by Crippen LogP contribution is 2.38. The first-order valence-corrected chi connectivity index (χ1v) is 9.01. The van der Waals surface area contributed by atoms with Crippen LogP contribution in [-0.4, -0.2) is 32.2 Å². The number of rotatable bonds is 6. The minimum absolute atomic E-state index is 0.0616. The first kappa shape index (κ1) is 19.8. The van der Waals surface area contributed by atoms with Gasteiger partial charge in [-0.25, -0.2) is 9.79 Å². The zero-order valence-electron chi connectivity index (χ0n) is 16.0. The van der Waals surface area contributed by atoms with Gasteiger partial charge in [0, 0.05) is 0 Å². The van der Waals surface area contributed by atoms with E-state index in [0.717, 1.165) is 0 Å². The van der Waals surface area contributed by atoms with Crippen LogP contribution in [0.1, 0.15) is 25.0 Å². The van der Waals surface area contributed by atoms with E-state index in [0.29, 0.717) is 33.4 Å². The number of hydrogen-bond donors (Lipinski definition) is 0. The fourth-order valence-corrected chi connectivity index (χ4v) is 2.94. The number of ether oxygens (including phenoxy) is 4. The molecule has 6 nitrogen and oxygen atoms in total. The van der Waals surface area contributed by atoms with Crippen molar-refractivity contribution in [1.82, 2.24) is 0 Å². The molecule has 0 unspecified atom stereocenters. The van der Waals surface area contributed by atoms with E-state index in [1.807, 2.05) is 26.0 Å². The fraction of sp³-hybridized carbons (Fsp3) is 0.238. The summed E-state index contributed by atoms with van der Waals surface area (Å²) in [5, 5.41) is 0.375. The Morgan fingerprint density at radius 3 is 2.50 bits per heavy atom. The molecule has 0 aromatic heterocycles. The van der Waals surface area contributed by atoms with E-state index < -0.39 is 5.97 Å². The molecule has 146 valence electrons. The molecule has 0 N–H and O–H groups in total. The molecular formula is C21H20ClNO5. The molecular weight excluding hydrogens is 382 g/mol. The molecule has 0 fully saturated rings. The average Bonchev–Trinajstić information content (AvgIpc) is 3.03. The Morgan fingerprint density at radius 1 is 1.11 bits per heavy atom. The Balaban J connectivity index is 1.98. The zero-order chi connectivity index (χ0) is 20.3. The first-order chi connectivity index (χ1) is 13.4. The van der Waals surface area contributed by atoms with Gasteiger partial charge in [-0.05, 0) is 49.8 Å². The van der Waals surface area contributed by atoms with Gasteiger partial charge < -0.3 is 18.9 Å². The van der Waals surface area contributed by atoms with Gasteiger partial charge in [-0.3, -0.25) is 0 Å². The first-order valence-electron chi connectivity index (χ1n) is 8.63. The highest BCUT2D eigenvalue weighted by atomic mass is 35.5. The Hall–Kier alpha value is -2.99. The van der Waals surface area contributed by atoms with Crippen LogP contribution in [0.5, 0.6) is 17.2 Å². The van der Waals surface area contributed by atoms with Crippen molar-refractivity contribution in [2.75, 3.05) is 14.2 Å². The van der Waals surface area contributed by atoms with Gasteiger partial charge in [0.15, 0.2) is 17.2 Å². The average molecular weight is 402 g/mol. The lowest BCUT2D eigenvalue weighted by Crippen LogP contribution is -2.07. The van der Waals surface area contributed by atoms with Gasteiger partial charge >= 0.3 is 5.97 Å². The van der Waals surface area contributed by atoms with Crippen LogP contribution in [0.3, 0.4) is 0 Å². The quantitative estimate of drug-likeness (QED) is 0.527. The number of esters is 1. The maximum atomic E-state index is 12.3. The molecule has 2 aromatic rings. The van der Waals surface area contributed by atoms with Crippen LogP contribution in [-0.2, 0) is 9.53 Å². The van der Waals surface area contributed by atoms with Gasteiger partial charge in [-0.1, -0.05) is 23.7 Å². The smallest absolute Gasteiger partial charge is 0.363 e. The maximum Gasteiger partial charge on any atom is 0.363 e. The molecule has 0 atom stereocenters. The number of halogens is 1. The van der Waals surface area contributed by atoms with Crippen LogP contribution in [0.15, 0.2) is 47.1 Å². The van der Waals surface area contributed by atoms with Gasteiger partial charge in [-0.15, -0.1) is 0 Å². The van der Waals surface area contributed by atoms with Crippen LogP contribution < -0.4 is 14.2 Å². The monoisotopic (exact) mass is 401 g/mol. The van der Waals surface area contributed by atoms with Gasteiger partial charge in [0.25, 0.3) is 0 Å². The van der Waals surface area contributed by atoms with Crippen molar-refractivity contribution in [3.05, 3.63) is 58.2 Å². The largest absolute Gasteiger partial charge is 0.496 e. The normalized spacial score (nSPS) is 14.9. The third-order valence-electron chi connectivity index (χ3n) is 3.87. The highest BCUT2D eigenvalue weighted by Gasteiger charge is 2.26. The van der Waals surface area contributed by atoms with Crippen molar-refractivity contribution < 1.29 is 23.7 Å². The molecule has 0 amide bonds.